The Morgan fingerprint density at radius 2 is 1.47 bits per heavy atom. The van der Waals surface area contributed by atoms with Crippen LogP contribution >= 0.6 is 0 Å². The lowest BCUT2D eigenvalue weighted by molar-refractivity contribution is 0.410. The number of nitrogens with zero attached hydrogens (tertiary/aromatic N) is 2. The molecule has 5 rings (SSSR count). The Labute approximate surface area is 176 Å². The van der Waals surface area contributed by atoms with Gasteiger partial charge in [0.25, 0.3) is 0 Å². The summed E-state index contributed by atoms with van der Waals surface area (Å²) in [5.74, 6) is 1.32. The van der Waals surface area contributed by atoms with Crippen LogP contribution in [0.15, 0.2) is 89.8 Å². The monoisotopic (exact) mass is 418 g/mol. The van der Waals surface area contributed by atoms with Gasteiger partial charge in [-0.05, 0) is 60.3 Å². The lowest BCUT2D eigenvalue weighted by Gasteiger charge is -2.20. The number of hydrogen-bond donors (Lipinski definition) is 0. The van der Waals surface area contributed by atoms with Crippen molar-refractivity contribution in [2.75, 3.05) is 6.54 Å². The lowest BCUT2D eigenvalue weighted by atomic mass is 10.2. The Hall–Kier alpha value is -3.09. The van der Waals surface area contributed by atoms with E-state index < -0.39 is 10.0 Å². The van der Waals surface area contributed by atoms with E-state index in [4.69, 9.17) is 4.74 Å². The summed E-state index contributed by atoms with van der Waals surface area (Å²) in [6.07, 6.45) is 0.778. The topological polar surface area (TPSA) is 51.5 Å². The van der Waals surface area contributed by atoms with Crippen molar-refractivity contribution in [3.63, 3.8) is 0 Å². The first-order valence-corrected chi connectivity index (χ1v) is 11.5. The van der Waals surface area contributed by atoms with Crippen LogP contribution in [0.25, 0.3) is 10.9 Å². The van der Waals surface area contributed by atoms with Gasteiger partial charge in [-0.3, -0.25) is 0 Å². The third kappa shape index (κ3) is 3.49. The van der Waals surface area contributed by atoms with Gasteiger partial charge in [-0.15, -0.1) is 0 Å². The Bertz CT molecular complexity index is 1280. The van der Waals surface area contributed by atoms with E-state index in [2.05, 4.69) is 22.8 Å². The quantitative estimate of drug-likeness (QED) is 0.467. The van der Waals surface area contributed by atoms with Crippen LogP contribution in [-0.2, 0) is 23.1 Å². The van der Waals surface area contributed by atoms with E-state index in [1.165, 1.54) is 0 Å². The number of ether oxygens (including phenoxy) is 1. The van der Waals surface area contributed by atoms with E-state index >= 15 is 0 Å². The number of hydrogen-bond acceptors (Lipinski definition) is 3. The number of fused-ring (bicyclic) bond motifs is 3. The van der Waals surface area contributed by atoms with Crippen LogP contribution in [0.3, 0.4) is 0 Å². The molecule has 4 aromatic rings. The molecule has 0 aliphatic carbocycles. The summed E-state index contributed by atoms with van der Waals surface area (Å²) in [6, 6.07) is 26.4. The highest BCUT2D eigenvalue weighted by Crippen LogP contribution is 2.28. The smallest absolute Gasteiger partial charge is 0.243 e. The Morgan fingerprint density at radius 1 is 0.767 bits per heavy atom. The molecule has 5 nitrogen and oxygen atoms in total. The van der Waals surface area contributed by atoms with E-state index in [1.54, 1.807) is 28.6 Å². The molecule has 1 aliphatic heterocycles. The zero-order chi connectivity index (χ0) is 20.6. The average Bonchev–Trinajstić information content (AvgIpc) is 2.97. The van der Waals surface area contributed by atoms with Gasteiger partial charge in [0, 0.05) is 24.3 Å². The number of sulfonamides is 1. The fourth-order valence-corrected chi connectivity index (χ4v) is 5.44. The van der Waals surface area contributed by atoms with E-state index in [0.717, 1.165) is 29.6 Å². The number of aromatic nitrogens is 1. The highest BCUT2D eigenvalue weighted by Gasteiger charge is 2.28. The second-order valence-electron chi connectivity index (χ2n) is 7.42. The minimum absolute atomic E-state index is 0.285. The normalized spacial score (nSPS) is 14.9. The minimum atomic E-state index is -3.59. The summed E-state index contributed by atoms with van der Waals surface area (Å²) in [7, 11) is -3.59. The summed E-state index contributed by atoms with van der Waals surface area (Å²) in [5, 5.41) is 1.15. The minimum Gasteiger partial charge on any atom is -0.457 e. The van der Waals surface area contributed by atoms with Gasteiger partial charge in [0.15, 0.2) is 0 Å². The molecule has 30 heavy (non-hydrogen) atoms. The van der Waals surface area contributed by atoms with Gasteiger partial charge in [-0.1, -0.05) is 36.4 Å². The molecule has 0 saturated heterocycles. The summed E-state index contributed by atoms with van der Waals surface area (Å²) in [6.45, 7) is 1.69. The second-order valence-corrected chi connectivity index (χ2v) is 9.36. The molecule has 0 amide bonds. The van der Waals surface area contributed by atoms with Crippen molar-refractivity contribution in [3.8, 4) is 11.5 Å². The standard InChI is InChI=1S/C24H22N2O3S/c27-30(28,23-13-11-22(12-14-23)29-21-8-2-1-3-9-21)25-15-6-16-26-20(18-25)17-19-7-4-5-10-24(19)26/h1-5,7-14,17H,6,15-16,18H2. The van der Waals surface area contributed by atoms with Crippen LogP contribution < -0.4 is 4.74 Å². The van der Waals surface area contributed by atoms with Gasteiger partial charge in [-0.25, -0.2) is 8.42 Å². The van der Waals surface area contributed by atoms with Crippen LogP contribution in [0.2, 0.25) is 0 Å². The molecular formula is C24H22N2O3S. The van der Waals surface area contributed by atoms with Gasteiger partial charge < -0.3 is 9.30 Å². The maximum Gasteiger partial charge on any atom is 0.243 e. The number of rotatable bonds is 4. The highest BCUT2D eigenvalue weighted by molar-refractivity contribution is 7.89. The predicted octanol–water partition coefficient (Wildman–Crippen LogP) is 5.03. The van der Waals surface area contributed by atoms with Crippen molar-refractivity contribution < 1.29 is 13.2 Å². The Morgan fingerprint density at radius 3 is 2.27 bits per heavy atom. The summed E-state index contributed by atoms with van der Waals surface area (Å²) in [5.41, 5.74) is 2.19. The summed E-state index contributed by atoms with van der Waals surface area (Å²) in [4.78, 5) is 0.285. The molecule has 0 unspecified atom stereocenters. The van der Waals surface area contributed by atoms with Gasteiger partial charge >= 0.3 is 0 Å². The predicted molar refractivity (Wildman–Crippen MR) is 117 cm³/mol. The van der Waals surface area contributed by atoms with Gasteiger partial charge in [0.05, 0.1) is 11.4 Å². The van der Waals surface area contributed by atoms with Crippen LogP contribution in [-0.4, -0.2) is 23.8 Å². The van der Waals surface area contributed by atoms with E-state index in [9.17, 15) is 8.42 Å². The van der Waals surface area contributed by atoms with Crippen molar-refractivity contribution in [1.82, 2.24) is 8.87 Å². The Kier molecular flexibility index (Phi) is 4.81. The van der Waals surface area contributed by atoms with Crippen LogP contribution in [0.5, 0.6) is 11.5 Å². The largest absolute Gasteiger partial charge is 0.457 e. The molecule has 0 atom stereocenters. The van der Waals surface area contributed by atoms with E-state index in [-0.39, 0.29) is 4.90 Å². The SMILES string of the molecule is O=S(=O)(c1ccc(Oc2ccccc2)cc1)N1CCCn2c(cc3ccccc32)C1. The fourth-order valence-electron chi connectivity index (χ4n) is 3.99. The van der Waals surface area contributed by atoms with Crippen molar-refractivity contribution in [2.24, 2.45) is 0 Å². The van der Waals surface area contributed by atoms with Gasteiger partial charge in [-0.2, -0.15) is 4.31 Å². The van der Waals surface area contributed by atoms with Crippen molar-refractivity contribution in [3.05, 3.63) is 90.6 Å². The molecule has 1 aliphatic rings. The molecule has 0 radical (unpaired) electrons. The first-order chi connectivity index (χ1) is 14.6. The molecule has 0 spiro atoms. The van der Waals surface area contributed by atoms with E-state index in [1.807, 2.05) is 42.5 Å². The molecule has 0 N–H and O–H groups in total. The molecule has 6 heteroatoms. The van der Waals surface area contributed by atoms with Crippen LogP contribution in [0.4, 0.5) is 0 Å². The number of benzene rings is 3. The average molecular weight is 419 g/mol. The number of aryl methyl sites for hydroxylation is 1. The van der Waals surface area contributed by atoms with Gasteiger partial charge in [0.2, 0.25) is 10.0 Å². The highest BCUT2D eigenvalue weighted by atomic mass is 32.2. The first kappa shape index (κ1) is 18.9. The first-order valence-electron chi connectivity index (χ1n) is 10.0. The third-order valence-corrected chi connectivity index (χ3v) is 7.32. The van der Waals surface area contributed by atoms with Crippen molar-refractivity contribution in [1.29, 1.82) is 0 Å². The second kappa shape index (κ2) is 7.63. The number of para-hydroxylation sites is 2. The molecule has 3 aromatic carbocycles. The molecule has 1 aromatic heterocycles. The summed E-state index contributed by atoms with van der Waals surface area (Å²) >= 11 is 0. The van der Waals surface area contributed by atoms with Crippen molar-refractivity contribution >= 4 is 20.9 Å². The summed E-state index contributed by atoms with van der Waals surface area (Å²) < 4.78 is 36.2. The van der Waals surface area contributed by atoms with E-state index in [0.29, 0.717) is 24.6 Å². The molecule has 0 saturated carbocycles. The molecular weight excluding hydrogens is 396 g/mol. The molecule has 0 bridgehead atoms. The zero-order valence-corrected chi connectivity index (χ0v) is 17.3. The maximum atomic E-state index is 13.3. The van der Waals surface area contributed by atoms with Crippen LogP contribution in [0.1, 0.15) is 12.1 Å². The lowest BCUT2D eigenvalue weighted by Crippen LogP contribution is -2.30. The molecule has 2 heterocycles. The van der Waals surface area contributed by atoms with Gasteiger partial charge in [0.1, 0.15) is 11.5 Å². The molecule has 0 fully saturated rings. The zero-order valence-electron chi connectivity index (χ0n) is 16.4. The van der Waals surface area contributed by atoms with Crippen molar-refractivity contribution in [2.45, 2.75) is 24.4 Å². The Balaban J connectivity index is 1.40. The molecule has 152 valence electrons. The fraction of sp³-hybridized carbons (Fsp3) is 0.167. The van der Waals surface area contributed by atoms with Crippen LogP contribution in [0, 0.1) is 0 Å². The third-order valence-electron chi connectivity index (χ3n) is 5.46. The maximum absolute atomic E-state index is 13.3.